The van der Waals surface area contributed by atoms with Crippen molar-refractivity contribution in [3.8, 4) is 11.5 Å². The SMILES string of the molecule is O=C1/C(=C/c2cccc(O)c2)CC(c2ccccc2)C/C1=C\c1cccc(O)c1. The Hall–Kier alpha value is -3.59. The van der Waals surface area contributed by atoms with Crippen molar-refractivity contribution in [1.82, 2.24) is 0 Å². The van der Waals surface area contributed by atoms with Crippen LogP contribution < -0.4 is 0 Å². The van der Waals surface area contributed by atoms with Crippen LogP contribution in [0.3, 0.4) is 0 Å². The Morgan fingerprint density at radius 3 is 1.69 bits per heavy atom. The topological polar surface area (TPSA) is 57.5 Å². The highest BCUT2D eigenvalue weighted by molar-refractivity contribution is 6.14. The average Bonchev–Trinajstić information content (AvgIpc) is 2.71. The average molecular weight is 382 g/mol. The minimum Gasteiger partial charge on any atom is -0.508 e. The smallest absolute Gasteiger partial charge is 0.185 e. The number of phenolic OH excluding ortho intramolecular Hbond substituents is 2. The van der Waals surface area contributed by atoms with E-state index >= 15 is 0 Å². The van der Waals surface area contributed by atoms with Gasteiger partial charge in [-0.15, -0.1) is 0 Å². The third kappa shape index (κ3) is 4.46. The summed E-state index contributed by atoms with van der Waals surface area (Å²) in [6.45, 7) is 0. The van der Waals surface area contributed by atoms with Crippen LogP contribution in [-0.2, 0) is 4.79 Å². The third-order valence-electron chi connectivity index (χ3n) is 5.21. The number of Topliss-reactive ketones (excluding diaryl/α,β-unsaturated/α-hetero) is 1. The Bertz CT molecular complexity index is 1030. The van der Waals surface area contributed by atoms with E-state index in [-0.39, 0.29) is 23.2 Å². The third-order valence-corrected chi connectivity index (χ3v) is 5.21. The number of carbonyl (C=O) groups is 1. The number of hydrogen-bond donors (Lipinski definition) is 2. The van der Waals surface area contributed by atoms with Crippen LogP contribution in [0.15, 0.2) is 90.0 Å². The summed E-state index contributed by atoms with van der Waals surface area (Å²) in [7, 11) is 0. The summed E-state index contributed by atoms with van der Waals surface area (Å²) in [6.07, 6.45) is 5.03. The van der Waals surface area contributed by atoms with Gasteiger partial charge in [-0.05, 0) is 71.9 Å². The van der Waals surface area contributed by atoms with E-state index in [0.717, 1.165) is 22.3 Å². The first-order valence-corrected chi connectivity index (χ1v) is 9.67. The Labute approximate surface area is 170 Å². The molecule has 144 valence electrons. The molecule has 0 amide bonds. The van der Waals surface area contributed by atoms with Gasteiger partial charge in [0.1, 0.15) is 11.5 Å². The monoisotopic (exact) mass is 382 g/mol. The van der Waals surface area contributed by atoms with E-state index in [9.17, 15) is 15.0 Å². The number of benzene rings is 3. The molecule has 0 heterocycles. The number of rotatable bonds is 3. The lowest BCUT2D eigenvalue weighted by molar-refractivity contribution is -0.113. The first kappa shape index (κ1) is 18.8. The van der Waals surface area contributed by atoms with Gasteiger partial charge in [-0.25, -0.2) is 0 Å². The fourth-order valence-electron chi connectivity index (χ4n) is 3.84. The Morgan fingerprint density at radius 2 is 1.21 bits per heavy atom. The van der Waals surface area contributed by atoms with Crippen LogP contribution in [0.5, 0.6) is 11.5 Å². The molecule has 2 N–H and O–H groups in total. The van der Waals surface area contributed by atoms with Crippen LogP contribution >= 0.6 is 0 Å². The number of ketones is 1. The molecule has 1 fully saturated rings. The van der Waals surface area contributed by atoms with E-state index < -0.39 is 0 Å². The van der Waals surface area contributed by atoms with Gasteiger partial charge in [-0.3, -0.25) is 4.79 Å². The van der Waals surface area contributed by atoms with Crippen molar-refractivity contribution in [2.45, 2.75) is 18.8 Å². The van der Waals surface area contributed by atoms with Gasteiger partial charge in [0.15, 0.2) is 5.78 Å². The molecule has 1 aliphatic carbocycles. The molecule has 3 aromatic carbocycles. The van der Waals surface area contributed by atoms with Crippen molar-refractivity contribution < 1.29 is 15.0 Å². The molecule has 1 saturated carbocycles. The van der Waals surface area contributed by atoms with Gasteiger partial charge in [-0.2, -0.15) is 0 Å². The van der Waals surface area contributed by atoms with E-state index in [1.165, 1.54) is 5.56 Å². The van der Waals surface area contributed by atoms with Gasteiger partial charge >= 0.3 is 0 Å². The summed E-state index contributed by atoms with van der Waals surface area (Å²) >= 11 is 0. The van der Waals surface area contributed by atoms with E-state index in [2.05, 4.69) is 12.1 Å². The zero-order valence-electron chi connectivity index (χ0n) is 16.0. The van der Waals surface area contributed by atoms with Crippen LogP contribution in [0.1, 0.15) is 35.4 Å². The van der Waals surface area contributed by atoms with Crippen LogP contribution in [0, 0.1) is 0 Å². The van der Waals surface area contributed by atoms with Gasteiger partial charge < -0.3 is 10.2 Å². The number of phenols is 2. The highest BCUT2D eigenvalue weighted by Crippen LogP contribution is 2.38. The summed E-state index contributed by atoms with van der Waals surface area (Å²) in [5.74, 6) is 0.570. The quantitative estimate of drug-likeness (QED) is 0.570. The number of allylic oxidation sites excluding steroid dienone is 2. The standard InChI is InChI=1S/C26H22O3/c27-24-10-4-6-18(14-24)12-22-16-21(20-8-2-1-3-9-20)17-23(26(22)29)13-19-7-5-11-25(28)15-19/h1-15,21,27-28H,16-17H2/b22-12+,23-13+. The first-order valence-electron chi connectivity index (χ1n) is 9.67. The number of carbonyl (C=O) groups excluding carboxylic acids is 1. The van der Waals surface area contributed by atoms with Gasteiger partial charge in [0.25, 0.3) is 0 Å². The zero-order chi connectivity index (χ0) is 20.2. The summed E-state index contributed by atoms with van der Waals surface area (Å²) in [5.41, 5.74) is 4.25. The molecule has 3 aromatic rings. The van der Waals surface area contributed by atoms with E-state index in [1.54, 1.807) is 36.4 Å². The van der Waals surface area contributed by atoms with Crippen LogP contribution in [-0.4, -0.2) is 16.0 Å². The molecule has 0 radical (unpaired) electrons. The van der Waals surface area contributed by atoms with Crippen molar-refractivity contribution in [1.29, 1.82) is 0 Å². The van der Waals surface area contributed by atoms with Gasteiger partial charge in [-0.1, -0.05) is 54.6 Å². The highest BCUT2D eigenvalue weighted by Gasteiger charge is 2.28. The normalized spacial score (nSPS) is 19.6. The van der Waals surface area contributed by atoms with Crippen LogP contribution in [0.4, 0.5) is 0 Å². The zero-order valence-corrected chi connectivity index (χ0v) is 16.0. The number of hydrogen-bond acceptors (Lipinski definition) is 3. The molecule has 0 aromatic heterocycles. The van der Waals surface area contributed by atoms with Crippen molar-refractivity contribution in [2.24, 2.45) is 0 Å². The maximum absolute atomic E-state index is 13.2. The molecule has 4 rings (SSSR count). The van der Waals surface area contributed by atoms with Crippen molar-refractivity contribution in [3.63, 3.8) is 0 Å². The predicted octanol–water partition coefficient (Wildman–Crippen LogP) is 5.71. The lowest BCUT2D eigenvalue weighted by atomic mass is 9.77. The summed E-state index contributed by atoms with van der Waals surface area (Å²) in [5, 5.41) is 19.5. The van der Waals surface area contributed by atoms with Crippen LogP contribution in [0.25, 0.3) is 12.2 Å². The molecule has 3 heteroatoms. The predicted molar refractivity (Wildman–Crippen MR) is 116 cm³/mol. The van der Waals surface area contributed by atoms with Gasteiger partial charge in [0.05, 0.1) is 0 Å². The highest BCUT2D eigenvalue weighted by atomic mass is 16.3. The van der Waals surface area contributed by atoms with Gasteiger partial charge in [0.2, 0.25) is 0 Å². The lowest BCUT2D eigenvalue weighted by Gasteiger charge is -2.26. The summed E-state index contributed by atoms with van der Waals surface area (Å²) in [6, 6.07) is 24.1. The molecule has 0 unspecified atom stereocenters. The molecule has 0 aliphatic heterocycles. The van der Waals surface area contributed by atoms with Gasteiger partial charge in [0, 0.05) is 11.1 Å². The maximum Gasteiger partial charge on any atom is 0.185 e. The molecule has 29 heavy (non-hydrogen) atoms. The first-order chi connectivity index (χ1) is 14.1. The minimum atomic E-state index is 0.0175. The Kier molecular flexibility index (Phi) is 5.30. The molecule has 0 spiro atoms. The van der Waals surface area contributed by atoms with E-state index in [4.69, 9.17) is 0 Å². The molecule has 3 nitrogen and oxygen atoms in total. The van der Waals surface area contributed by atoms with E-state index in [0.29, 0.717) is 12.8 Å². The van der Waals surface area contributed by atoms with Crippen LogP contribution in [0.2, 0.25) is 0 Å². The molecular weight excluding hydrogens is 360 g/mol. The van der Waals surface area contributed by atoms with Crippen molar-refractivity contribution >= 4 is 17.9 Å². The van der Waals surface area contributed by atoms with Crippen molar-refractivity contribution in [3.05, 3.63) is 107 Å². The molecule has 0 bridgehead atoms. The summed E-state index contributed by atoms with van der Waals surface area (Å²) in [4.78, 5) is 13.2. The fraction of sp³-hybridized carbons (Fsp3) is 0.115. The van der Waals surface area contributed by atoms with E-state index in [1.807, 2.05) is 42.5 Å². The summed E-state index contributed by atoms with van der Waals surface area (Å²) < 4.78 is 0. The second-order valence-corrected chi connectivity index (χ2v) is 7.37. The molecular formula is C26H22O3. The van der Waals surface area contributed by atoms with Crippen molar-refractivity contribution in [2.75, 3.05) is 0 Å². The molecule has 0 saturated heterocycles. The second kappa shape index (κ2) is 8.19. The maximum atomic E-state index is 13.2. The second-order valence-electron chi connectivity index (χ2n) is 7.37. The fourth-order valence-corrected chi connectivity index (χ4v) is 3.84. The molecule has 1 aliphatic rings. The minimum absolute atomic E-state index is 0.0175. The number of aromatic hydroxyl groups is 2. The largest absolute Gasteiger partial charge is 0.508 e. The lowest BCUT2D eigenvalue weighted by Crippen LogP contribution is -2.19. The Morgan fingerprint density at radius 1 is 0.690 bits per heavy atom. The Balaban J connectivity index is 1.75. The molecule has 0 atom stereocenters.